The van der Waals surface area contributed by atoms with Crippen molar-refractivity contribution in [2.24, 2.45) is 0 Å². The fraction of sp³-hybridized carbons (Fsp3) is 0.0690. The number of fused-ring (bicyclic) bond motifs is 1. The van der Waals surface area contributed by atoms with Gasteiger partial charge in [0.15, 0.2) is 0 Å². The first-order chi connectivity index (χ1) is 17.4. The van der Waals surface area contributed by atoms with Crippen LogP contribution in [0.5, 0.6) is 5.75 Å². The summed E-state index contributed by atoms with van der Waals surface area (Å²) in [6.45, 7) is 2.48. The van der Waals surface area contributed by atoms with Gasteiger partial charge in [0.25, 0.3) is 11.8 Å². The van der Waals surface area contributed by atoms with Crippen molar-refractivity contribution in [1.29, 1.82) is 0 Å². The number of hydrogen-bond donors (Lipinski definition) is 1. The Kier molecular flexibility index (Phi) is 6.40. The standard InChI is InChI=1S/C29H21BrN2O4/c1-18-6-9-20-4-2-3-5-24(20)26(18)17-36-23-14-7-19(8-15-23)16-25-27(33)31-29(35)32(28(25)34)22-12-10-21(30)11-13-22/h2-16H,17H2,1H3,(H,31,33,35)/b25-16+. The van der Waals surface area contributed by atoms with Crippen LogP contribution in [-0.2, 0) is 16.2 Å². The van der Waals surface area contributed by atoms with E-state index >= 15 is 0 Å². The minimum atomic E-state index is -0.781. The molecule has 0 aliphatic carbocycles. The Bertz CT molecular complexity index is 1530. The van der Waals surface area contributed by atoms with Gasteiger partial charge >= 0.3 is 6.03 Å². The zero-order chi connectivity index (χ0) is 25.2. The summed E-state index contributed by atoms with van der Waals surface area (Å²) >= 11 is 3.33. The summed E-state index contributed by atoms with van der Waals surface area (Å²) in [5.41, 5.74) is 3.15. The molecule has 0 bridgehead atoms. The summed E-state index contributed by atoms with van der Waals surface area (Å²) < 4.78 is 6.85. The molecule has 0 aromatic heterocycles. The van der Waals surface area contributed by atoms with Crippen molar-refractivity contribution >= 4 is 56.3 Å². The van der Waals surface area contributed by atoms with Crippen LogP contribution < -0.4 is 15.0 Å². The van der Waals surface area contributed by atoms with E-state index in [1.165, 1.54) is 6.08 Å². The Morgan fingerprint density at radius 2 is 1.61 bits per heavy atom. The largest absolute Gasteiger partial charge is 0.489 e. The average molecular weight is 541 g/mol. The number of carbonyl (C=O) groups is 3. The van der Waals surface area contributed by atoms with E-state index in [4.69, 9.17) is 4.74 Å². The molecule has 0 radical (unpaired) electrons. The molecule has 36 heavy (non-hydrogen) atoms. The predicted octanol–water partition coefficient (Wildman–Crippen LogP) is 6.16. The number of rotatable bonds is 5. The number of benzene rings is 4. The van der Waals surface area contributed by atoms with E-state index in [0.717, 1.165) is 31.3 Å². The fourth-order valence-corrected chi connectivity index (χ4v) is 4.37. The molecule has 0 unspecified atom stereocenters. The van der Waals surface area contributed by atoms with Crippen molar-refractivity contribution in [2.45, 2.75) is 13.5 Å². The molecule has 4 amide bonds. The number of amides is 4. The van der Waals surface area contributed by atoms with E-state index in [-0.39, 0.29) is 5.57 Å². The van der Waals surface area contributed by atoms with Crippen molar-refractivity contribution < 1.29 is 19.1 Å². The smallest absolute Gasteiger partial charge is 0.335 e. The van der Waals surface area contributed by atoms with E-state index in [0.29, 0.717) is 23.6 Å². The van der Waals surface area contributed by atoms with E-state index in [1.807, 2.05) is 12.1 Å². The summed E-state index contributed by atoms with van der Waals surface area (Å²) in [6.07, 6.45) is 1.47. The summed E-state index contributed by atoms with van der Waals surface area (Å²) in [5.74, 6) is -0.751. The summed E-state index contributed by atoms with van der Waals surface area (Å²) in [6, 6.07) is 25.4. The molecule has 1 N–H and O–H groups in total. The molecule has 7 heteroatoms. The number of imide groups is 2. The number of nitrogens with one attached hydrogen (secondary N) is 1. The van der Waals surface area contributed by atoms with Crippen LogP contribution in [0.2, 0.25) is 0 Å². The molecule has 0 spiro atoms. The summed E-state index contributed by atoms with van der Waals surface area (Å²) in [5, 5.41) is 4.56. The fourth-order valence-electron chi connectivity index (χ4n) is 4.10. The van der Waals surface area contributed by atoms with Gasteiger partial charge in [0.05, 0.1) is 5.69 Å². The van der Waals surface area contributed by atoms with Crippen molar-refractivity contribution in [1.82, 2.24) is 5.32 Å². The van der Waals surface area contributed by atoms with Gasteiger partial charge < -0.3 is 4.74 Å². The second-order valence-corrected chi connectivity index (χ2v) is 9.29. The first-order valence-corrected chi connectivity index (χ1v) is 12.1. The lowest BCUT2D eigenvalue weighted by Crippen LogP contribution is -2.54. The monoisotopic (exact) mass is 540 g/mol. The van der Waals surface area contributed by atoms with Crippen molar-refractivity contribution in [3.63, 3.8) is 0 Å². The number of carbonyl (C=O) groups excluding carboxylic acids is 3. The topological polar surface area (TPSA) is 75.7 Å². The highest BCUT2D eigenvalue weighted by Gasteiger charge is 2.36. The first kappa shape index (κ1) is 23.5. The minimum absolute atomic E-state index is 0.127. The lowest BCUT2D eigenvalue weighted by Gasteiger charge is -2.26. The third-order valence-electron chi connectivity index (χ3n) is 6.04. The van der Waals surface area contributed by atoms with Gasteiger partial charge in [-0.25, -0.2) is 9.69 Å². The second kappa shape index (κ2) is 9.79. The van der Waals surface area contributed by atoms with Crippen LogP contribution in [0.1, 0.15) is 16.7 Å². The van der Waals surface area contributed by atoms with E-state index in [9.17, 15) is 14.4 Å². The average Bonchev–Trinajstić information content (AvgIpc) is 2.88. The second-order valence-electron chi connectivity index (χ2n) is 8.37. The maximum atomic E-state index is 13.0. The SMILES string of the molecule is Cc1ccc2ccccc2c1COc1ccc(/C=C2\C(=O)NC(=O)N(c3ccc(Br)cc3)C2=O)cc1. The maximum Gasteiger partial charge on any atom is 0.335 e. The third kappa shape index (κ3) is 4.65. The Labute approximate surface area is 216 Å². The molecule has 0 atom stereocenters. The van der Waals surface area contributed by atoms with Crippen LogP contribution in [0.25, 0.3) is 16.8 Å². The molecular formula is C29H21BrN2O4. The lowest BCUT2D eigenvalue weighted by molar-refractivity contribution is -0.122. The zero-order valence-corrected chi connectivity index (χ0v) is 20.9. The molecule has 1 heterocycles. The van der Waals surface area contributed by atoms with Crippen LogP contribution in [0.15, 0.2) is 95.0 Å². The number of ether oxygens (including phenoxy) is 1. The molecule has 5 rings (SSSR count). The number of hydrogen-bond acceptors (Lipinski definition) is 4. The third-order valence-corrected chi connectivity index (χ3v) is 6.56. The molecule has 1 fully saturated rings. The predicted molar refractivity (Wildman–Crippen MR) is 143 cm³/mol. The number of anilines is 1. The maximum absolute atomic E-state index is 13.0. The van der Waals surface area contributed by atoms with Gasteiger partial charge in [-0.1, -0.05) is 64.5 Å². The van der Waals surface area contributed by atoms with Crippen LogP contribution in [0.3, 0.4) is 0 Å². The normalized spacial score (nSPS) is 14.9. The Morgan fingerprint density at radius 3 is 2.36 bits per heavy atom. The summed E-state index contributed by atoms with van der Waals surface area (Å²) in [7, 11) is 0. The number of aryl methyl sites for hydroxylation is 1. The van der Waals surface area contributed by atoms with Gasteiger partial charge in [0, 0.05) is 10.0 Å². The molecular weight excluding hydrogens is 520 g/mol. The van der Waals surface area contributed by atoms with E-state index in [2.05, 4.69) is 52.4 Å². The van der Waals surface area contributed by atoms with E-state index < -0.39 is 17.8 Å². The van der Waals surface area contributed by atoms with Gasteiger partial charge in [-0.2, -0.15) is 0 Å². The molecule has 1 aliphatic rings. The van der Waals surface area contributed by atoms with Crippen LogP contribution >= 0.6 is 15.9 Å². The van der Waals surface area contributed by atoms with Crippen LogP contribution in [0.4, 0.5) is 10.5 Å². The number of urea groups is 1. The Balaban J connectivity index is 1.35. The number of barbiturate groups is 1. The zero-order valence-electron chi connectivity index (χ0n) is 19.3. The molecule has 1 saturated heterocycles. The highest BCUT2D eigenvalue weighted by atomic mass is 79.9. The molecule has 1 aliphatic heterocycles. The highest BCUT2D eigenvalue weighted by Crippen LogP contribution is 2.26. The summed E-state index contributed by atoms with van der Waals surface area (Å²) in [4.78, 5) is 38.8. The van der Waals surface area contributed by atoms with Gasteiger partial charge in [0.2, 0.25) is 0 Å². The van der Waals surface area contributed by atoms with Crippen LogP contribution in [-0.4, -0.2) is 17.8 Å². The molecule has 4 aromatic rings. The first-order valence-electron chi connectivity index (χ1n) is 11.3. The van der Waals surface area contributed by atoms with Crippen molar-refractivity contribution in [2.75, 3.05) is 4.90 Å². The molecule has 6 nitrogen and oxygen atoms in total. The molecule has 178 valence electrons. The molecule has 0 saturated carbocycles. The van der Waals surface area contributed by atoms with Crippen LogP contribution in [0, 0.1) is 6.92 Å². The van der Waals surface area contributed by atoms with Gasteiger partial charge in [-0.15, -0.1) is 0 Å². The molecule has 4 aromatic carbocycles. The van der Waals surface area contributed by atoms with E-state index in [1.54, 1.807) is 48.5 Å². The van der Waals surface area contributed by atoms with Crippen molar-refractivity contribution in [3.8, 4) is 5.75 Å². The lowest BCUT2D eigenvalue weighted by atomic mass is 10.0. The van der Waals surface area contributed by atoms with Gasteiger partial charge in [-0.3, -0.25) is 14.9 Å². The Hall–Kier alpha value is -4.23. The Morgan fingerprint density at radius 1 is 0.889 bits per heavy atom. The van der Waals surface area contributed by atoms with Gasteiger partial charge in [-0.05, 0) is 71.3 Å². The highest BCUT2D eigenvalue weighted by molar-refractivity contribution is 9.10. The van der Waals surface area contributed by atoms with Gasteiger partial charge in [0.1, 0.15) is 17.9 Å². The van der Waals surface area contributed by atoms with Crippen molar-refractivity contribution in [3.05, 3.63) is 112 Å². The quantitative estimate of drug-likeness (QED) is 0.243. The number of halogens is 1. The number of nitrogens with zero attached hydrogens (tertiary/aromatic N) is 1. The minimum Gasteiger partial charge on any atom is -0.489 e.